The third-order valence-corrected chi connectivity index (χ3v) is 7.37. The van der Waals surface area contributed by atoms with Crippen molar-refractivity contribution in [3.05, 3.63) is 35.4 Å². The number of nitrogens with zero attached hydrogens (tertiary/aromatic N) is 1. The van der Waals surface area contributed by atoms with Crippen LogP contribution in [0.5, 0.6) is 0 Å². The van der Waals surface area contributed by atoms with Gasteiger partial charge >= 0.3 is 5.97 Å². The van der Waals surface area contributed by atoms with E-state index in [0.29, 0.717) is 37.5 Å². The predicted molar refractivity (Wildman–Crippen MR) is 128 cm³/mol. The number of aliphatic carboxylic acids is 1. The van der Waals surface area contributed by atoms with Crippen LogP contribution in [0.3, 0.4) is 0 Å². The molecule has 8 heteroatoms. The number of carboxylic acids is 1. The fourth-order valence-corrected chi connectivity index (χ4v) is 5.33. The van der Waals surface area contributed by atoms with Gasteiger partial charge in [-0.05, 0) is 44.7 Å². The summed E-state index contributed by atoms with van der Waals surface area (Å²) in [5.74, 6) is -2.75. The maximum atomic E-state index is 14.6. The number of hydrogen-bond acceptors (Lipinski definition) is 4. The molecule has 190 valence electrons. The fourth-order valence-electron chi connectivity index (χ4n) is 5.33. The van der Waals surface area contributed by atoms with Crippen molar-refractivity contribution < 1.29 is 23.5 Å². The summed E-state index contributed by atoms with van der Waals surface area (Å²) in [6.07, 6.45) is 6.32. The molecule has 34 heavy (non-hydrogen) atoms. The molecule has 0 aromatic heterocycles. The first-order chi connectivity index (χ1) is 16.1. The Morgan fingerprint density at radius 3 is 2.44 bits per heavy atom. The monoisotopic (exact) mass is 479 g/mol. The number of halogens is 2. The lowest BCUT2D eigenvalue weighted by Gasteiger charge is -2.31. The second kappa shape index (κ2) is 11.6. The Labute approximate surface area is 201 Å². The molecule has 0 radical (unpaired) electrons. The zero-order valence-electron chi connectivity index (χ0n) is 20.6. The molecule has 1 aliphatic carbocycles. The van der Waals surface area contributed by atoms with Gasteiger partial charge in [-0.15, -0.1) is 0 Å². The SMILES string of the molecule is CC(C)(C)N1C[C@@H](C(=O)NCCNC(CC2CCCCC2)C(=O)O)[C@H](c2ccc(F)cc2F)C1. The van der Waals surface area contributed by atoms with Crippen molar-refractivity contribution in [3.63, 3.8) is 0 Å². The van der Waals surface area contributed by atoms with Gasteiger partial charge < -0.3 is 15.7 Å². The van der Waals surface area contributed by atoms with Gasteiger partial charge in [0.05, 0.1) is 5.92 Å². The van der Waals surface area contributed by atoms with E-state index in [1.807, 2.05) is 20.8 Å². The number of likely N-dealkylation sites (tertiary alicyclic amines) is 1. The Bertz CT molecular complexity index is 852. The van der Waals surface area contributed by atoms with Crippen molar-refractivity contribution in [2.24, 2.45) is 11.8 Å². The molecule has 1 heterocycles. The van der Waals surface area contributed by atoms with Crippen LogP contribution in [0.25, 0.3) is 0 Å². The number of benzene rings is 1. The summed E-state index contributed by atoms with van der Waals surface area (Å²) in [6.45, 7) is 7.77. The molecule has 1 saturated carbocycles. The number of carbonyl (C=O) groups is 2. The van der Waals surface area contributed by atoms with Gasteiger partial charge in [0.2, 0.25) is 5.91 Å². The molecule has 2 fully saturated rings. The highest BCUT2D eigenvalue weighted by Crippen LogP contribution is 2.37. The fraction of sp³-hybridized carbons (Fsp3) is 0.692. The Morgan fingerprint density at radius 1 is 1.12 bits per heavy atom. The van der Waals surface area contributed by atoms with Gasteiger partial charge in [0, 0.05) is 43.7 Å². The van der Waals surface area contributed by atoms with E-state index in [-0.39, 0.29) is 23.9 Å². The second-order valence-corrected chi connectivity index (χ2v) is 10.8. The molecule has 1 aromatic carbocycles. The lowest BCUT2D eigenvalue weighted by molar-refractivity contribution is -0.140. The predicted octanol–water partition coefficient (Wildman–Crippen LogP) is 3.91. The number of carbonyl (C=O) groups excluding carboxylic acids is 1. The Hall–Kier alpha value is -2.06. The molecule has 2 aliphatic rings. The molecular weight excluding hydrogens is 440 g/mol. The molecule has 3 N–H and O–H groups in total. The third-order valence-electron chi connectivity index (χ3n) is 7.37. The molecular formula is C26H39F2N3O3. The Kier molecular flexibility index (Phi) is 9.04. The maximum Gasteiger partial charge on any atom is 0.320 e. The second-order valence-electron chi connectivity index (χ2n) is 10.8. The third kappa shape index (κ3) is 6.98. The topological polar surface area (TPSA) is 81.7 Å². The number of nitrogens with one attached hydrogen (secondary N) is 2. The Morgan fingerprint density at radius 2 is 1.82 bits per heavy atom. The summed E-state index contributed by atoms with van der Waals surface area (Å²) < 4.78 is 28.0. The average Bonchev–Trinajstić information content (AvgIpc) is 3.22. The van der Waals surface area contributed by atoms with Gasteiger partial charge in [-0.3, -0.25) is 14.5 Å². The quantitative estimate of drug-likeness (QED) is 0.468. The van der Waals surface area contributed by atoms with Crippen LogP contribution in [-0.2, 0) is 9.59 Å². The van der Waals surface area contributed by atoms with Crippen molar-refractivity contribution in [1.82, 2.24) is 15.5 Å². The van der Waals surface area contributed by atoms with Crippen molar-refractivity contribution in [2.75, 3.05) is 26.2 Å². The summed E-state index contributed by atoms with van der Waals surface area (Å²) in [5, 5.41) is 15.6. The lowest BCUT2D eigenvalue weighted by atomic mass is 9.85. The van der Waals surface area contributed by atoms with E-state index in [1.54, 1.807) is 0 Å². The van der Waals surface area contributed by atoms with E-state index in [9.17, 15) is 23.5 Å². The smallest absolute Gasteiger partial charge is 0.320 e. The number of hydrogen-bond donors (Lipinski definition) is 3. The summed E-state index contributed by atoms with van der Waals surface area (Å²) in [4.78, 5) is 26.9. The molecule has 1 aliphatic heterocycles. The van der Waals surface area contributed by atoms with Gasteiger partial charge in [0.25, 0.3) is 0 Å². The van der Waals surface area contributed by atoms with Crippen molar-refractivity contribution >= 4 is 11.9 Å². The van der Waals surface area contributed by atoms with Crippen LogP contribution in [0.1, 0.15) is 70.8 Å². The molecule has 3 atom stereocenters. The normalized spacial score (nSPS) is 23.1. The highest BCUT2D eigenvalue weighted by Gasteiger charge is 2.42. The highest BCUT2D eigenvalue weighted by molar-refractivity contribution is 5.80. The van der Waals surface area contributed by atoms with Crippen molar-refractivity contribution in [1.29, 1.82) is 0 Å². The molecule has 1 amide bonds. The summed E-state index contributed by atoms with van der Waals surface area (Å²) in [5.41, 5.74) is 0.156. The molecule has 0 bridgehead atoms. The first-order valence-corrected chi connectivity index (χ1v) is 12.5. The summed E-state index contributed by atoms with van der Waals surface area (Å²) in [7, 11) is 0. The van der Waals surface area contributed by atoms with Gasteiger partial charge in [0.1, 0.15) is 17.7 Å². The Balaban J connectivity index is 1.58. The molecule has 1 unspecified atom stereocenters. The van der Waals surface area contributed by atoms with Crippen LogP contribution < -0.4 is 10.6 Å². The average molecular weight is 480 g/mol. The van der Waals surface area contributed by atoms with E-state index in [2.05, 4.69) is 15.5 Å². The number of rotatable bonds is 9. The minimum absolute atomic E-state index is 0.193. The summed E-state index contributed by atoms with van der Waals surface area (Å²) in [6, 6.07) is 2.91. The van der Waals surface area contributed by atoms with Crippen LogP contribution in [0.2, 0.25) is 0 Å². The molecule has 0 spiro atoms. The molecule has 1 saturated heterocycles. The maximum absolute atomic E-state index is 14.6. The van der Waals surface area contributed by atoms with Crippen LogP contribution in [0.4, 0.5) is 8.78 Å². The number of carboxylic acid groups (broad SMARTS) is 1. The number of amides is 1. The molecule has 3 rings (SSSR count). The largest absolute Gasteiger partial charge is 0.480 e. The minimum atomic E-state index is -0.861. The van der Waals surface area contributed by atoms with E-state index in [4.69, 9.17) is 0 Å². The highest BCUT2D eigenvalue weighted by atomic mass is 19.1. The minimum Gasteiger partial charge on any atom is -0.480 e. The van der Waals surface area contributed by atoms with Gasteiger partial charge in [0.15, 0.2) is 0 Å². The lowest BCUT2D eigenvalue weighted by Crippen LogP contribution is -2.44. The van der Waals surface area contributed by atoms with E-state index >= 15 is 0 Å². The van der Waals surface area contributed by atoms with E-state index in [1.165, 1.54) is 18.6 Å². The van der Waals surface area contributed by atoms with E-state index < -0.39 is 29.6 Å². The van der Waals surface area contributed by atoms with Crippen LogP contribution >= 0.6 is 0 Å². The van der Waals surface area contributed by atoms with Gasteiger partial charge in [-0.1, -0.05) is 38.2 Å². The molecule has 1 aromatic rings. The summed E-state index contributed by atoms with van der Waals surface area (Å²) >= 11 is 0. The van der Waals surface area contributed by atoms with Crippen LogP contribution in [0, 0.1) is 23.5 Å². The van der Waals surface area contributed by atoms with Crippen molar-refractivity contribution in [2.45, 2.75) is 76.8 Å². The standard InChI is InChI=1S/C26H39F2N3O3/c1-26(2,3)31-15-20(19-10-9-18(27)14-22(19)28)21(16-31)24(32)30-12-11-29-23(25(33)34)13-17-7-5-4-6-8-17/h9-10,14,17,20-21,23,29H,4-8,11-13,15-16H2,1-3H3,(H,30,32)(H,33,34)/t20-,21+,23?/m0/s1. The van der Waals surface area contributed by atoms with Gasteiger partial charge in [-0.25, -0.2) is 8.78 Å². The van der Waals surface area contributed by atoms with Crippen LogP contribution in [-0.4, -0.2) is 59.6 Å². The first kappa shape index (κ1) is 26.5. The van der Waals surface area contributed by atoms with Gasteiger partial charge in [-0.2, -0.15) is 0 Å². The van der Waals surface area contributed by atoms with E-state index in [0.717, 1.165) is 31.7 Å². The zero-order valence-corrected chi connectivity index (χ0v) is 20.6. The first-order valence-electron chi connectivity index (χ1n) is 12.5. The molecule has 6 nitrogen and oxygen atoms in total. The zero-order chi connectivity index (χ0) is 24.9. The van der Waals surface area contributed by atoms with Crippen LogP contribution in [0.15, 0.2) is 18.2 Å². The van der Waals surface area contributed by atoms with Crippen molar-refractivity contribution in [3.8, 4) is 0 Å².